The summed E-state index contributed by atoms with van der Waals surface area (Å²) < 4.78 is 33.9. The van der Waals surface area contributed by atoms with Crippen LogP contribution in [0, 0.1) is 22.5 Å². The van der Waals surface area contributed by atoms with Crippen molar-refractivity contribution in [1.82, 2.24) is 9.58 Å². The molecular weight excluding hydrogens is 468 g/mol. The van der Waals surface area contributed by atoms with Crippen molar-refractivity contribution in [1.29, 1.82) is 10.8 Å². The third kappa shape index (κ3) is 3.86. The van der Waals surface area contributed by atoms with Gasteiger partial charge in [0.05, 0.1) is 23.8 Å². The van der Waals surface area contributed by atoms with Gasteiger partial charge in [0.1, 0.15) is 22.3 Å². The third-order valence-corrected chi connectivity index (χ3v) is 7.17. The first kappa shape index (κ1) is 23.9. The number of fused-ring (bicyclic) bond motifs is 1. The first-order valence-electron chi connectivity index (χ1n) is 10.4. The Hall–Kier alpha value is -3.25. The topological polar surface area (TPSA) is 123 Å². The molecule has 12 heteroatoms. The van der Waals surface area contributed by atoms with Crippen LogP contribution >= 0.6 is 11.8 Å². The van der Waals surface area contributed by atoms with E-state index in [1.807, 2.05) is 0 Å². The van der Waals surface area contributed by atoms with Gasteiger partial charge < -0.3 is 14.7 Å². The summed E-state index contributed by atoms with van der Waals surface area (Å²) in [5.41, 5.74) is -1.99. The minimum Gasteiger partial charge on any atom is -0.502 e. The maximum Gasteiger partial charge on any atom is 0.278 e. The summed E-state index contributed by atoms with van der Waals surface area (Å²) in [6.45, 7) is 0.859. The van der Waals surface area contributed by atoms with Gasteiger partial charge >= 0.3 is 0 Å². The SMILES string of the molecule is CN1C(=O)c2c(O)c(=O)c(C(=N)SC(=N)Cc3ccc(F)cc3F)cn2N(C)C12CCOCC2. The molecule has 0 unspecified atom stereocenters. The van der Waals surface area contributed by atoms with Crippen molar-refractivity contribution in [3.63, 3.8) is 0 Å². The number of aromatic hydroxyl groups is 1. The van der Waals surface area contributed by atoms with E-state index in [0.29, 0.717) is 43.9 Å². The number of halogens is 2. The number of thioether (sulfide) groups is 1. The molecule has 3 heterocycles. The van der Waals surface area contributed by atoms with Gasteiger partial charge in [-0.2, -0.15) is 0 Å². The lowest BCUT2D eigenvalue weighted by Crippen LogP contribution is -2.69. The largest absolute Gasteiger partial charge is 0.502 e. The highest BCUT2D eigenvalue weighted by Gasteiger charge is 2.49. The van der Waals surface area contributed by atoms with E-state index in [1.54, 1.807) is 19.1 Å². The monoisotopic (exact) mass is 491 g/mol. The lowest BCUT2D eigenvalue weighted by Gasteiger charge is -2.54. The summed E-state index contributed by atoms with van der Waals surface area (Å²) in [6.07, 6.45) is 2.12. The zero-order valence-electron chi connectivity index (χ0n) is 18.5. The molecule has 0 saturated carbocycles. The fourth-order valence-electron chi connectivity index (χ4n) is 4.36. The molecule has 0 aliphatic carbocycles. The van der Waals surface area contributed by atoms with Gasteiger partial charge in [-0.3, -0.25) is 30.1 Å². The van der Waals surface area contributed by atoms with E-state index in [2.05, 4.69) is 0 Å². The second-order valence-electron chi connectivity index (χ2n) is 8.16. The standard InChI is InChI=1S/C22H23F2N5O4S/c1-27-21(32)17-19(31)18(30)14(11-29(17)28(2)22(27)5-7-33-8-6-22)20(26)34-16(25)9-12-3-4-13(23)10-15(12)24/h3-4,10-11,25-26,31H,5-9H2,1-2H3. The Morgan fingerprint density at radius 1 is 1.21 bits per heavy atom. The molecule has 2 aliphatic heterocycles. The van der Waals surface area contributed by atoms with Crippen LogP contribution in [0.1, 0.15) is 34.5 Å². The number of carbonyl (C=O) groups excluding carboxylic acids is 1. The average Bonchev–Trinajstić information content (AvgIpc) is 2.80. The van der Waals surface area contributed by atoms with Crippen LogP contribution in [0.2, 0.25) is 0 Å². The van der Waals surface area contributed by atoms with Gasteiger partial charge in [-0.25, -0.2) is 8.78 Å². The Bertz CT molecular complexity index is 1260. The summed E-state index contributed by atoms with van der Waals surface area (Å²) in [5.74, 6) is -2.86. The summed E-state index contributed by atoms with van der Waals surface area (Å²) in [4.78, 5) is 27.4. The first-order valence-corrected chi connectivity index (χ1v) is 11.2. The minimum atomic E-state index is -0.914. The molecule has 2 aliphatic rings. The average molecular weight is 492 g/mol. The van der Waals surface area contributed by atoms with Crippen molar-refractivity contribution >= 4 is 27.8 Å². The molecule has 1 amide bonds. The Morgan fingerprint density at radius 3 is 2.53 bits per heavy atom. The predicted octanol–water partition coefficient (Wildman–Crippen LogP) is 2.27. The van der Waals surface area contributed by atoms with E-state index in [0.717, 1.165) is 6.07 Å². The molecule has 1 fully saturated rings. The molecule has 1 aromatic heterocycles. The number of nitrogens with zero attached hydrogens (tertiary/aromatic N) is 3. The van der Waals surface area contributed by atoms with Crippen molar-refractivity contribution in [2.24, 2.45) is 0 Å². The number of amides is 1. The van der Waals surface area contributed by atoms with E-state index >= 15 is 0 Å². The van der Waals surface area contributed by atoms with Crippen LogP contribution in [0.3, 0.4) is 0 Å². The second-order valence-corrected chi connectivity index (χ2v) is 9.27. The quantitative estimate of drug-likeness (QED) is 0.447. The van der Waals surface area contributed by atoms with Crippen molar-refractivity contribution in [3.8, 4) is 5.75 Å². The number of aromatic nitrogens is 1. The van der Waals surface area contributed by atoms with E-state index in [-0.39, 0.29) is 33.3 Å². The molecule has 4 rings (SSSR count). The predicted molar refractivity (Wildman–Crippen MR) is 124 cm³/mol. The second kappa shape index (κ2) is 8.84. The molecule has 180 valence electrons. The van der Waals surface area contributed by atoms with Crippen molar-refractivity contribution in [2.45, 2.75) is 24.9 Å². The summed E-state index contributed by atoms with van der Waals surface area (Å²) >= 11 is 0.612. The van der Waals surface area contributed by atoms with Crippen molar-refractivity contribution in [3.05, 3.63) is 63.1 Å². The van der Waals surface area contributed by atoms with Gasteiger partial charge in [-0.1, -0.05) is 17.8 Å². The number of nitrogens with one attached hydrogen (secondary N) is 2. The third-order valence-electron chi connectivity index (χ3n) is 6.35. The van der Waals surface area contributed by atoms with E-state index in [9.17, 15) is 23.5 Å². The van der Waals surface area contributed by atoms with Crippen molar-refractivity contribution < 1.29 is 23.4 Å². The maximum absolute atomic E-state index is 13.9. The molecule has 1 spiro atoms. The van der Waals surface area contributed by atoms with E-state index in [1.165, 1.54) is 21.8 Å². The van der Waals surface area contributed by atoms with Crippen molar-refractivity contribution in [2.75, 3.05) is 32.3 Å². The highest BCUT2D eigenvalue weighted by atomic mass is 32.2. The number of benzene rings is 1. The van der Waals surface area contributed by atoms with E-state index in [4.69, 9.17) is 15.6 Å². The maximum atomic E-state index is 13.9. The van der Waals surface area contributed by atoms with Gasteiger partial charge in [0.25, 0.3) is 5.91 Å². The van der Waals surface area contributed by atoms with Crippen LogP contribution in [-0.2, 0) is 11.2 Å². The summed E-state index contributed by atoms with van der Waals surface area (Å²) in [5, 5.41) is 28.4. The summed E-state index contributed by atoms with van der Waals surface area (Å²) in [7, 11) is 3.33. The lowest BCUT2D eigenvalue weighted by molar-refractivity contribution is -0.0279. The molecule has 34 heavy (non-hydrogen) atoms. The van der Waals surface area contributed by atoms with Crippen LogP contribution in [0.5, 0.6) is 5.75 Å². The molecule has 1 saturated heterocycles. The van der Waals surface area contributed by atoms with Crippen LogP contribution in [0.15, 0.2) is 29.2 Å². The van der Waals surface area contributed by atoms with Crippen LogP contribution in [0.4, 0.5) is 8.78 Å². The van der Waals surface area contributed by atoms with Crippen LogP contribution in [-0.4, -0.2) is 63.6 Å². The molecule has 9 nitrogen and oxygen atoms in total. The molecule has 3 N–H and O–H groups in total. The summed E-state index contributed by atoms with van der Waals surface area (Å²) in [6, 6.07) is 3.00. The number of pyridine rings is 1. The zero-order chi connectivity index (χ0) is 24.8. The molecule has 0 atom stereocenters. The van der Waals surface area contributed by atoms with Gasteiger partial charge in [0.2, 0.25) is 5.43 Å². The number of hydrogen-bond acceptors (Lipinski definition) is 8. The lowest BCUT2D eigenvalue weighted by atomic mass is 9.95. The number of rotatable bonds is 3. The van der Waals surface area contributed by atoms with Crippen LogP contribution in [0.25, 0.3) is 0 Å². The van der Waals surface area contributed by atoms with Gasteiger partial charge in [0.15, 0.2) is 11.4 Å². The molecule has 0 bridgehead atoms. The Kier molecular flexibility index (Phi) is 6.21. The number of hydrogen-bond donors (Lipinski definition) is 3. The zero-order valence-corrected chi connectivity index (χ0v) is 19.3. The van der Waals surface area contributed by atoms with E-state index < -0.39 is 34.4 Å². The highest BCUT2D eigenvalue weighted by Crippen LogP contribution is 2.36. The molecule has 0 radical (unpaired) electrons. The van der Waals surface area contributed by atoms with Gasteiger partial charge in [0, 0.05) is 45.6 Å². The fraction of sp³-hybridized carbons (Fsp3) is 0.364. The number of carbonyl (C=O) groups is 1. The van der Waals surface area contributed by atoms with Gasteiger partial charge in [-0.05, 0) is 11.6 Å². The number of ether oxygens (including phenoxy) is 1. The van der Waals surface area contributed by atoms with Crippen LogP contribution < -0.4 is 10.4 Å². The molecule has 1 aromatic carbocycles. The first-order chi connectivity index (χ1) is 16.1. The Morgan fingerprint density at radius 2 is 1.88 bits per heavy atom. The fourth-order valence-corrected chi connectivity index (χ4v) is 5.09. The van der Waals surface area contributed by atoms with Gasteiger partial charge in [-0.15, -0.1) is 0 Å². The Balaban J connectivity index is 1.66. The normalized spacial score (nSPS) is 17.1. The smallest absolute Gasteiger partial charge is 0.278 e. The highest BCUT2D eigenvalue weighted by molar-refractivity contribution is 8.26. The minimum absolute atomic E-state index is 0.0755. The Labute approximate surface area is 197 Å². The molecular formula is C22H23F2N5O4S. The molecule has 2 aromatic rings.